The van der Waals surface area contributed by atoms with Crippen molar-refractivity contribution < 1.29 is 13.9 Å². The molecule has 0 aliphatic rings. The van der Waals surface area contributed by atoms with E-state index in [9.17, 15) is 9.18 Å². The molecular formula is C11H16ClFN2O2. The van der Waals surface area contributed by atoms with Crippen molar-refractivity contribution >= 4 is 24.0 Å². The van der Waals surface area contributed by atoms with Gasteiger partial charge in [-0.2, -0.15) is 0 Å². The fourth-order valence-corrected chi connectivity index (χ4v) is 1.12. The fraction of sp³-hybridized carbons (Fsp3) is 0.364. The van der Waals surface area contributed by atoms with Gasteiger partial charge in [-0.1, -0.05) is 0 Å². The number of nitrogens with two attached hydrogens (primary N) is 1. The van der Waals surface area contributed by atoms with Crippen molar-refractivity contribution in [3.63, 3.8) is 0 Å². The van der Waals surface area contributed by atoms with Crippen LogP contribution in [0, 0.1) is 5.82 Å². The van der Waals surface area contributed by atoms with Crippen LogP contribution in [0.1, 0.15) is 13.8 Å². The summed E-state index contributed by atoms with van der Waals surface area (Å²) < 4.78 is 18.2. The lowest BCUT2D eigenvalue weighted by atomic mass is 10.2. The van der Waals surface area contributed by atoms with Gasteiger partial charge in [0.15, 0.2) is 0 Å². The first-order valence-electron chi connectivity index (χ1n) is 5.03. The molecule has 0 fully saturated rings. The molecule has 1 aromatic rings. The van der Waals surface area contributed by atoms with Crippen LogP contribution in [0.3, 0.4) is 0 Å². The average Bonchev–Trinajstić information content (AvgIpc) is 2.22. The van der Waals surface area contributed by atoms with Crippen LogP contribution in [-0.2, 0) is 4.79 Å². The second-order valence-electron chi connectivity index (χ2n) is 3.35. The van der Waals surface area contributed by atoms with Crippen LogP contribution in [0.15, 0.2) is 18.2 Å². The smallest absolute Gasteiger partial charge is 0.241 e. The monoisotopic (exact) mass is 262 g/mol. The van der Waals surface area contributed by atoms with E-state index < -0.39 is 11.9 Å². The van der Waals surface area contributed by atoms with E-state index in [-0.39, 0.29) is 18.3 Å². The first kappa shape index (κ1) is 15.7. The number of amides is 1. The number of carbonyl (C=O) groups excluding carboxylic acids is 1. The molecule has 1 aromatic carbocycles. The second kappa shape index (κ2) is 7.09. The quantitative estimate of drug-likeness (QED) is 0.872. The molecule has 0 aliphatic carbocycles. The number of hydrogen-bond donors (Lipinski definition) is 2. The Labute approximate surface area is 106 Å². The molecule has 1 atom stereocenters. The average molecular weight is 263 g/mol. The zero-order valence-electron chi connectivity index (χ0n) is 9.70. The van der Waals surface area contributed by atoms with E-state index >= 15 is 0 Å². The van der Waals surface area contributed by atoms with Crippen LogP contribution in [0.4, 0.5) is 10.1 Å². The molecule has 17 heavy (non-hydrogen) atoms. The van der Waals surface area contributed by atoms with E-state index in [1.165, 1.54) is 18.2 Å². The van der Waals surface area contributed by atoms with Crippen molar-refractivity contribution in [2.45, 2.75) is 19.9 Å². The largest absolute Gasteiger partial charge is 0.492 e. The summed E-state index contributed by atoms with van der Waals surface area (Å²) in [6.07, 6.45) is 0. The van der Waals surface area contributed by atoms with Gasteiger partial charge in [-0.25, -0.2) is 4.39 Å². The Balaban J connectivity index is 0.00000256. The minimum absolute atomic E-state index is 0. The predicted octanol–water partition coefficient (Wildman–Crippen LogP) is 1.93. The Morgan fingerprint density at radius 2 is 2.24 bits per heavy atom. The third kappa shape index (κ3) is 4.58. The van der Waals surface area contributed by atoms with Gasteiger partial charge in [0, 0.05) is 6.07 Å². The molecule has 0 saturated carbocycles. The Kier molecular flexibility index (Phi) is 6.53. The third-order valence-corrected chi connectivity index (χ3v) is 1.91. The van der Waals surface area contributed by atoms with Crippen LogP contribution >= 0.6 is 12.4 Å². The highest BCUT2D eigenvalue weighted by Crippen LogP contribution is 2.25. The van der Waals surface area contributed by atoms with Crippen molar-refractivity contribution in [3.05, 3.63) is 24.0 Å². The zero-order chi connectivity index (χ0) is 12.1. The van der Waals surface area contributed by atoms with Crippen LogP contribution in [0.25, 0.3) is 0 Å². The van der Waals surface area contributed by atoms with Gasteiger partial charge >= 0.3 is 0 Å². The summed E-state index contributed by atoms with van der Waals surface area (Å²) in [6, 6.07) is 3.29. The second-order valence-corrected chi connectivity index (χ2v) is 3.35. The summed E-state index contributed by atoms with van der Waals surface area (Å²) in [4.78, 5) is 11.4. The van der Waals surface area contributed by atoms with E-state index in [2.05, 4.69) is 5.32 Å². The van der Waals surface area contributed by atoms with E-state index in [1.807, 2.05) is 0 Å². The molecule has 0 aromatic heterocycles. The number of rotatable bonds is 4. The Morgan fingerprint density at radius 1 is 1.59 bits per heavy atom. The normalized spacial score (nSPS) is 11.3. The summed E-state index contributed by atoms with van der Waals surface area (Å²) in [6.45, 7) is 3.74. The number of ether oxygens (including phenoxy) is 1. The molecule has 1 rings (SSSR count). The molecule has 0 radical (unpaired) electrons. The number of anilines is 1. The fourth-order valence-electron chi connectivity index (χ4n) is 1.12. The molecule has 96 valence electrons. The van der Waals surface area contributed by atoms with Crippen LogP contribution in [-0.4, -0.2) is 18.6 Å². The maximum absolute atomic E-state index is 12.9. The van der Waals surface area contributed by atoms with Gasteiger partial charge in [-0.15, -0.1) is 12.4 Å². The van der Waals surface area contributed by atoms with E-state index in [0.29, 0.717) is 18.0 Å². The lowest BCUT2D eigenvalue weighted by Gasteiger charge is -2.12. The lowest BCUT2D eigenvalue weighted by Crippen LogP contribution is -2.32. The molecule has 4 nitrogen and oxygen atoms in total. The third-order valence-electron chi connectivity index (χ3n) is 1.91. The Morgan fingerprint density at radius 3 is 2.76 bits per heavy atom. The van der Waals surface area contributed by atoms with Crippen molar-refractivity contribution in [2.24, 2.45) is 5.73 Å². The van der Waals surface area contributed by atoms with Crippen molar-refractivity contribution in [1.82, 2.24) is 0 Å². The number of carbonyl (C=O) groups is 1. The summed E-state index contributed by atoms with van der Waals surface area (Å²) in [7, 11) is 0. The number of benzene rings is 1. The zero-order valence-corrected chi connectivity index (χ0v) is 10.5. The molecule has 0 unspecified atom stereocenters. The van der Waals surface area contributed by atoms with E-state index in [0.717, 1.165) is 0 Å². The molecular weight excluding hydrogens is 247 g/mol. The van der Waals surface area contributed by atoms with Gasteiger partial charge in [-0.3, -0.25) is 4.79 Å². The Bertz CT molecular complexity index is 386. The molecule has 0 heterocycles. The van der Waals surface area contributed by atoms with Gasteiger partial charge < -0.3 is 15.8 Å². The summed E-state index contributed by atoms with van der Waals surface area (Å²) >= 11 is 0. The van der Waals surface area contributed by atoms with Crippen molar-refractivity contribution in [2.75, 3.05) is 11.9 Å². The molecule has 0 spiro atoms. The number of nitrogens with one attached hydrogen (secondary N) is 1. The summed E-state index contributed by atoms with van der Waals surface area (Å²) in [5, 5.41) is 2.57. The van der Waals surface area contributed by atoms with Gasteiger partial charge in [-0.05, 0) is 26.0 Å². The Hall–Kier alpha value is -1.33. The first-order chi connectivity index (χ1) is 7.54. The highest BCUT2D eigenvalue weighted by Gasteiger charge is 2.11. The molecule has 0 bridgehead atoms. The molecule has 6 heteroatoms. The van der Waals surface area contributed by atoms with Crippen LogP contribution < -0.4 is 15.8 Å². The van der Waals surface area contributed by atoms with Crippen molar-refractivity contribution in [1.29, 1.82) is 0 Å². The minimum atomic E-state index is -0.625. The number of hydrogen-bond acceptors (Lipinski definition) is 3. The maximum atomic E-state index is 12.9. The standard InChI is InChI=1S/C11H15FN2O2.ClH/c1-3-16-10-6-8(12)4-5-9(10)14-11(15)7(2)13;/h4-7H,3,13H2,1-2H3,(H,14,15);1H/t7-;/m0./s1. The van der Waals surface area contributed by atoms with Gasteiger partial charge in [0.2, 0.25) is 5.91 Å². The molecule has 3 N–H and O–H groups in total. The van der Waals surface area contributed by atoms with Gasteiger partial charge in [0.25, 0.3) is 0 Å². The molecule has 0 aliphatic heterocycles. The van der Waals surface area contributed by atoms with E-state index in [4.69, 9.17) is 10.5 Å². The van der Waals surface area contributed by atoms with Crippen molar-refractivity contribution in [3.8, 4) is 5.75 Å². The first-order valence-corrected chi connectivity index (χ1v) is 5.03. The topological polar surface area (TPSA) is 64.3 Å². The molecule has 0 saturated heterocycles. The van der Waals surface area contributed by atoms with Crippen LogP contribution in [0.2, 0.25) is 0 Å². The molecule has 1 amide bonds. The predicted molar refractivity (Wildman–Crippen MR) is 67.1 cm³/mol. The van der Waals surface area contributed by atoms with E-state index in [1.54, 1.807) is 13.8 Å². The maximum Gasteiger partial charge on any atom is 0.241 e. The summed E-state index contributed by atoms with van der Waals surface area (Å²) in [5.41, 5.74) is 5.83. The van der Waals surface area contributed by atoms with Gasteiger partial charge in [0.05, 0.1) is 18.3 Å². The van der Waals surface area contributed by atoms with Crippen LogP contribution in [0.5, 0.6) is 5.75 Å². The minimum Gasteiger partial charge on any atom is -0.492 e. The SMILES string of the molecule is CCOc1cc(F)ccc1NC(=O)[C@H](C)N.Cl. The summed E-state index contributed by atoms with van der Waals surface area (Å²) in [5.74, 6) is -0.452. The van der Waals surface area contributed by atoms with Gasteiger partial charge in [0.1, 0.15) is 11.6 Å². The number of halogens is 2. The lowest BCUT2D eigenvalue weighted by molar-refractivity contribution is -0.117. The highest BCUT2D eigenvalue weighted by molar-refractivity contribution is 5.95. The highest BCUT2D eigenvalue weighted by atomic mass is 35.5.